The molecule has 1 aliphatic rings. The molecule has 2 heterocycles. The summed E-state index contributed by atoms with van der Waals surface area (Å²) in [4.78, 5) is 42.7. The number of thiazole rings is 1. The molecule has 1 unspecified atom stereocenters. The average Bonchev–Trinajstić information content (AvgIpc) is 3.23. The van der Waals surface area contributed by atoms with Crippen molar-refractivity contribution in [3.05, 3.63) is 101 Å². The third kappa shape index (κ3) is 6.56. The second-order valence-electron chi connectivity index (χ2n) is 10.0. The molecule has 0 saturated heterocycles. The summed E-state index contributed by atoms with van der Waals surface area (Å²) in [6.45, 7) is 8.67. The Labute approximate surface area is 236 Å². The molecule has 0 radical (unpaired) electrons. The van der Waals surface area contributed by atoms with Crippen molar-refractivity contribution < 1.29 is 19.2 Å². The monoisotopic (exact) mass is 563 g/mol. The van der Waals surface area contributed by atoms with Gasteiger partial charge in [0, 0.05) is 12.1 Å². The zero-order valence-electron chi connectivity index (χ0n) is 23.1. The van der Waals surface area contributed by atoms with Crippen LogP contribution in [0.3, 0.4) is 0 Å². The van der Waals surface area contributed by atoms with Crippen LogP contribution in [-0.2, 0) is 9.53 Å². The minimum absolute atomic E-state index is 0.0309. The zero-order chi connectivity index (χ0) is 28.8. The maximum absolute atomic E-state index is 13.8. The third-order valence-electron chi connectivity index (χ3n) is 6.40. The molecule has 0 fully saturated rings. The Kier molecular flexibility index (Phi) is 9.31. The predicted molar refractivity (Wildman–Crippen MR) is 154 cm³/mol. The van der Waals surface area contributed by atoms with Crippen molar-refractivity contribution >= 4 is 29.1 Å². The van der Waals surface area contributed by atoms with Crippen LogP contribution in [-0.4, -0.2) is 28.7 Å². The molecule has 1 aromatic heterocycles. The molecule has 1 aliphatic heterocycles. The Morgan fingerprint density at radius 1 is 1.15 bits per heavy atom. The second-order valence-corrected chi connectivity index (χ2v) is 11.1. The van der Waals surface area contributed by atoms with Crippen LogP contribution in [0.25, 0.3) is 6.08 Å². The number of rotatable bonds is 11. The predicted octanol–water partition coefficient (Wildman–Crippen LogP) is 4.91. The van der Waals surface area contributed by atoms with Gasteiger partial charge in [-0.05, 0) is 60.7 Å². The first-order valence-electron chi connectivity index (χ1n) is 13.4. The van der Waals surface area contributed by atoms with E-state index in [-0.39, 0.29) is 23.8 Å². The summed E-state index contributed by atoms with van der Waals surface area (Å²) in [7, 11) is 0. The summed E-state index contributed by atoms with van der Waals surface area (Å²) in [5.41, 5.74) is 1.83. The lowest BCUT2D eigenvalue weighted by Crippen LogP contribution is -2.40. The second kappa shape index (κ2) is 12.9. The van der Waals surface area contributed by atoms with Gasteiger partial charge in [-0.2, -0.15) is 0 Å². The van der Waals surface area contributed by atoms with Gasteiger partial charge in [0.15, 0.2) is 4.80 Å². The van der Waals surface area contributed by atoms with Gasteiger partial charge in [-0.15, -0.1) is 0 Å². The molecular weight excluding hydrogens is 530 g/mol. The van der Waals surface area contributed by atoms with Crippen LogP contribution >= 0.6 is 11.3 Å². The van der Waals surface area contributed by atoms with E-state index >= 15 is 0 Å². The van der Waals surface area contributed by atoms with Crippen molar-refractivity contribution in [3.63, 3.8) is 0 Å². The van der Waals surface area contributed by atoms with Gasteiger partial charge in [0.2, 0.25) is 0 Å². The minimum atomic E-state index is -0.732. The molecule has 0 aliphatic carbocycles. The number of aromatic nitrogens is 1. The number of allylic oxidation sites excluding steroid dienone is 1. The highest BCUT2D eigenvalue weighted by atomic mass is 32.1. The van der Waals surface area contributed by atoms with Gasteiger partial charge in [0.25, 0.3) is 11.2 Å². The molecule has 3 aromatic rings. The van der Waals surface area contributed by atoms with Crippen molar-refractivity contribution in [2.24, 2.45) is 10.9 Å². The molecule has 1 atom stereocenters. The summed E-state index contributed by atoms with van der Waals surface area (Å²) in [5.74, 6) is 0.356. The third-order valence-corrected chi connectivity index (χ3v) is 7.39. The molecular formula is C30H33N3O6S. The normalized spacial score (nSPS) is 15.1. The van der Waals surface area contributed by atoms with Gasteiger partial charge in [-0.25, -0.2) is 9.79 Å². The van der Waals surface area contributed by atoms with E-state index in [2.05, 4.69) is 11.9 Å². The molecule has 0 spiro atoms. The first-order chi connectivity index (χ1) is 19.2. The molecule has 0 saturated carbocycles. The molecule has 210 valence electrons. The van der Waals surface area contributed by atoms with Gasteiger partial charge < -0.3 is 9.47 Å². The lowest BCUT2D eigenvalue weighted by atomic mass is 9.96. The summed E-state index contributed by atoms with van der Waals surface area (Å²) in [5, 5.41) is 11.0. The fraction of sp³-hybridized carbons (Fsp3) is 0.367. The Balaban J connectivity index is 1.77. The number of non-ortho nitro benzene ring substituents is 1. The van der Waals surface area contributed by atoms with E-state index in [4.69, 9.17) is 9.47 Å². The first kappa shape index (κ1) is 28.9. The number of unbranched alkanes of at least 4 members (excludes halogenated alkanes) is 2. The summed E-state index contributed by atoms with van der Waals surface area (Å²) >= 11 is 1.20. The van der Waals surface area contributed by atoms with E-state index in [0.717, 1.165) is 30.6 Å². The lowest BCUT2D eigenvalue weighted by molar-refractivity contribution is -0.384. The summed E-state index contributed by atoms with van der Waals surface area (Å²) in [6, 6.07) is 12.7. The van der Waals surface area contributed by atoms with E-state index in [1.54, 1.807) is 25.1 Å². The van der Waals surface area contributed by atoms with Crippen molar-refractivity contribution in [3.8, 4) is 5.75 Å². The number of nitrogens with zero attached hydrogens (tertiary/aromatic N) is 3. The number of benzene rings is 2. The maximum atomic E-state index is 13.8. The number of hydrogen-bond acceptors (Lipinski definition) is 8. The van der Waals surface area contributed by atoms with Crippen LogP contribution in [0.1, 0.15) is 64.1 Å². The summed E-state index contributed by atoms with van der Waals surface area (Å²) < 4.78 is 13.4. The van der Waals surface area contributed by atoms with Crippen LogP contribution in [0.2, 0.25) is 0 Å². The maximum Gasteiger partial charge on any atom is 0.338 e. The molecule has 40 heavy (non-hydrogen) atoms. The molecule has 0 amide bonds. The van der Waals surface area contributed by atoms with E-state index in [0.29, 0.717) is 32.8 Å². The highest BCUT2D eigenvalue weighted by Crippen LogP contribution is 2.32. The number of carbonyl (C=O) groups excluding carboxylic acids is 1. The van der Waals surface area contributed by atoms with Gasteiger partial charge in [-0.3, -0.25) is 19.5 Å². The smallest absolute Gasteiger partial charge is 0.338 e. The Morgan fingerprint density at radius 3 is 2.48 bits per heavy atom. The quantitative estimate of drug-likeness (QED) is 0.142. The molecule has 4 rings (SSSR count). The number of nitro groups is 1. The lowest BCUT2D eigenvalue weighted by Gasteiger charge is -2.25. The van der Waals surface area contributed by atoms with E-state index in [9.17, 15) is 19.7 Å². The Bertz CT molecular complexity index is 1580. The molecule has 2 aromatic carbocycles. The van der Waals surface area contributed by atoms with E-state index in [1.165, 1.54) is 28.0 Å². The van der Waals surface area contributed by atoms with Gasteiger partial charge in [0.05, 0.1) is 40.0 Å². The van der Waals surface area contributed by atoms with Crippen LogP contribution in [0, 0.1) is 16.0 Å². The topological polar surface area (TPSA) is 113 Å². The van der Waals surface area contributed by atoms with E-state index < -0.39 is 16.9 Å². The average molecular weight is 564 g/mol. The zero-order valence-corrected chi connectivity index (χ0v) is 23.9. The number of fused-ring (bicyclic) bond motifs is 1. The molecule has 10 heteroatoms. The van der Waals surface area contributed by atoms with Gasteiger partial charge >= 0.3 is 5.97 Å². The number of esters is 1. The molecule has 9 nitrogen and oxygen atoms in total. The van der Waals surface area contributed by atoms with Crippen molar-refractivity contribution in [1.82, 2.24) is 4.57 Å². The number of nitro benzene ring substituents is 1. The first-order valence-corrected chi connectivity index (χ1v) is 14.2. The largest absolute Gasteiger partial charge is 0.494 e. The fourth-order valence-electron chi connectivity index (χ4n) is 4.35. The Hall–Kier alpha value is -4.05. The van der Waals surface area contributed by atoms with Crippen molar-refractivity contribution in [2.75, 3.05) is 13.2 Å². The highest BCUT2D eigenvalue weighted by Gasteiger charge is 2.33. The molecule has 0 bridgehead atoms. The highest BCUT2D eigenvalue weighted by molar-refractivity contribution is 7.07. The number of ether oxygens (including phenoxy) is 2. The number of hydrogen-bond donors (Lipinski definition) is 0. The standard InChI is InChI=1S/C30H33N3O6S/c1-5-6-7-16-38-24-14-10-22(11-15-24)27-26(29(35)39-18-19(2)3)20(4)31-30-32(27)28(34)25(40-30)17-21-8-12-23(13-9-21)33(36)37/h8-15,17,19,27H,5-7,16,18H2,1-4H3. The van der Waals surface area contributed by atoms with Crippen LogP contribution < -0.4 is 19.6 Å². The van der Waals surface area contributed by atoms with E-state index in [1.807, 2.05) is 38.1 Å². The van der Waals surface area contributed by atoms with Crippen molar-refractivity contribution in [2.45, 2.75) is 53.0 Å². The fourth-order valence-corrected chi connectivity index (χ4v) is 5.40. The number of carbonyl (C=O) groups is 1. The SMILES string of the molecule is CCCCCOc1ccc(C2C(C(=O)OCC(C)C)=C(C)N=c3sc(=Cc4ccc([N+](=O)[O-])cc4)c(=O)n32)cc1. The van der Waals surface area contributed by atoms with Crippen LogP contribution in [0.4, 0.5) is 5.69 Å². The Morgan fingerprint density at radius 2 is 1.85 bits per heavy atom. The van der Waals surface area contributed by atoms with Crippen LogP contribution in [0.15, 0.2) is 69.6 Å². The van der Waals surface area contributed by atoms with Crippen LogP contribution in [0.5, 0.6) is 5.75 Å². The van der Waals surface area contributed by atoms with Gasteiger partial charge in [0.1, 0.15) is 5.75 Å². The van der Waals surface area contributed by atoms with Gasteiger partial charge in [-0.1, -0.05) is 57.1 Å². The molecule has 0 N–H and O–H groups in total. The van der Waals surface area contributed by atoms with Crippen molar-refractivity contribution in [1.29, 1.82) is 0 Å². The minimum Gasteiger partial charge on any atom is -0.494 e. The summed E-state index contributed by atoms with van der Waals surface area (Å²) in [6.07, 6.45) is 4.85.